The Morgan fingerprint density at radius 1 is 1.35 bits per heavy atom. The molecule has 1 aromatic carbocycles. The molecule has 1 aliphatic rings. The van der Waals surface area contributed by atoms with Gasteiger partial charge in [0.15, 0.2) is 11.6 Å². The highest BCUT2D eigenvalue weighted by Gasteiger charge is 2.27. The number of piperidine rings is 1. The molecule has 20 heavy (non-hydrogen) atoms. The lowest BCUT2D eigenvalue weighted by Crippen LogP contribution is -2.42. The molecule has 1 amide bonds. The van der Waals surface area contributed by atoms with Gasteiger partial charge >= 0.3 is 0 Å². The quantitative estimate of drug-likeness (QED) is 0.837. The first-order valence-corrected chi connectivity index (χ1v) is 7.39. The minimum Gasteiger partial charge on any atom is -0.339 e. The second kappa shape index (κ2) is 6.18. The van der Waals surface area contributed by atoms with Crippen LogP contribution in [0.5, 0.6) is 0 Å². The van der Waals surface area contributed by atoms with Gasteiger partial charge in [-0.05, 0) is 53.7 Å². The number of nitrogens with zero attached hydrogens (tertiary/aromatic N) is 1. The summed E-state index contributed by atoms with van der Waals surface area (Å²) in [6.45, 7) is 3.15. The minimum absolute atomic E-state index is 0.113. The van der Waals surface area contributed by atoms with Crippen molar-refractivity contribution in [3.8, 4) is 0 Å². The Morgan fingerprint density at radius 3 is 2.45 bits per heavy atom. The number of rotatable bonds is 2. The van der Waals surface area contributed by atoms with E-state index in [2.05, 4.69) is 15.9 Å². The molecular formula is C14H17BrF2N2O. The maximum atomic E-state index is 13.3. The van der Waals surface area contributed by atoms with Gasteiger partial charge < -0.3 is 10.6 Å². The zero-order valence-corrected chi connectivity index (χ0v) is 12.8. The van der Waals surface area contributed by atoms with Crippen LogP contribution in [0.3, 0.4) is 0 Å². The third-order valence-electron chi connectivity index (χ3n) is 3.81. The predicted molar refractivity (Wildman–Crippen MR) is 76.3 cm³/mol. The van der Waals surface area contributed by atoms with Gasteiger partial charge in [0.1, 0.15) is 0 Å². The molecule has 1 saturated heterocycles. The van der Waals surface area contributed by atoms with Crippen LogP contribution in [0.1, 0.15) is 30.1 Å². The van der Waals surface area contributed by atoms with E-state index in [0.29, 0.717) is 19.0 Å². The SMILES string of the molecule is CC(N)C1CCN(C(=O)c2cc(F)c(F)cc2Br)CC1. The molecular weight excluding hydrogens is 330 g/mol. The number of hydrogen-bond donors (Lipinski definition) is 1. The number of carbonyl (C=O) groups is 1. The Labute approximate surface area is 125 Å². The van der Waals surface area contributed by atoms with Gasteiger partial charge in [-0.1, -0.05) is 0 Å². The number of halogens is 3. The number of amides is 1. The van der Waals surface area contributed by atoms with Crippen molar-refractivity contribution >= 4 is 21.8 Å². The molecule has 2 rings (SSSR count). The molecule has 1 unspecified atom stereocenters. The van der Waals surface area contributed by atoms with E-state index in [1.807, 2.05) is 6.92 Å². The van der Waals surface area contributed by atoms with Gasteiger partial charge in [0.05, 0.1) is 5.56 Å². The van der Waals surface area contributed by atoms with Gasteiger partial charge in [-0.25, -0.2) is 8.78 Å². The van der Waals surface area contributed by atoms with E-state index in [-0.39, 0.29) is 22.0 Å². The fourth-order valence-electron chi connectivity index (χ4n) is 2.49. The largest absolute Gasteiger partial charge is 0.339 e. The molecule has 1 heterocycles. The van der Waals surface area contributed by atoms with Crippen molar-refractivity contribution in [2.24, 2.45) is 11.7 Å². The molecule has 1 fully saturated rings. The molecule has 6 heteroatoms. The molecule has 1 atom stereocenters. The maximum absolute atomic E-state index is 13.3. The summed E-state index contributed by atoms with van der Waals surface area (Å²) in [4.78, 5) is 14.0. The smallest absolute Gasteiger partial charge is 0.255 e. The highest BCUT2D eigenvalue weighted by molar-refractivity contribution is 9.10. The van der Waals surface area contributed by atoms with Crippen LogP contribution in [-0.4, -0.2) is 29.9 Å². The number of likely N-dealkylation sites (tertiary alicyclic amines) is 1. The van der Waals surface area contributed by atoms with Crippen LogP contribution in [0, 0.1) is 17.6 Å². The van der Waals surface area contributed by atoms with Crippen LogP contribution in [0.4, 0.5) is 8.78 Å². The molecule has 0 aromatic heterocycles. The highest BCUT2D eigenvalue weighted by atomic mass is 79.9. The Bertz CT molecular complexity index is 514. The summed E-state index contributed by atoms with van der Waals surface area (Å²) >= 11 is 3.11. The van der Waals surface area contributed by atoms with Gasteiger partial charge in [-0.15, -0.1) is 0 Å². The van der Waals surface area contributed by atoms with Gasteiger partial charge in [-0.3, -0.25) is 4.79 Å². The molecule has 0 aliphatic carbocycles. The lowest BCUT2D eigenvalue weighted by atomic mass is 9.90. The lowest BCUT2D eigenvalue weighted by Gasteiger charge is -2.34. The zero-order valence-electron chi connectivity index (χ0n) is 11.2. The lowest BCUT2D eigenvalue weighted by molar-refractivity contribution is 0.0679. The number of benzene rings is 1. The monoisotopic (exact) mass is 346 g/mol. The second-order valence-electron chi connectivity index (χ2n) is 5.23. The summed E-state index contributed by atoms with van der Waals surface area (Å²) in [5, 5.41) is 0. The van der Waals surface area contributed by atoms with E-state index in [4.69, 9.17) is 5.73 Å². The third kappa shape index (κ3) is 3.17. The summed E-state index contributed by atoms with van der Waals surface area (Å²) in [7, 11) is 0. The first kappa shape index (κ1) is 15.4. The summed E-state index contributed by atoms with van der Waals surface area (Å²) in [5.74, 6) is -1.85. The predicted octanol–water partition coefficient (Wildman–Crippen LogP) is 2.93. The van der Waals surface area contributed by atoms with Crippen LogP contribution >= 0.6 is 15.9 Å². The van der Waals surface area contributed by atoms with Gasteiger partial charge in [0, 0.05) is 23.6 Å². The van der Waals surface area contributed by atoms with Crippen LogP contribution in [-0.2, 0) is 0 Å². The molecule has 1 aliphatic heterocycles. The average Bonchev–Trinajstić information content (AvgIpc) is 2.42. The van der Waals surface area contributed by atoms with E-state index >= 15 is 0 Å². The Morgan fingerprint density at radius 2 is 1.90 bits per heavy atom. The van der Waals surface area contributed by atoms with E-state index in [0.717, 1.165) is 25.0 Å². The Kier molecular flexibility index (Phi) is 4.75. The standard InChI is InChI=1S/C14H17BrF2N2O/c1-8(18)9-2-4-19(5-3-9)14(20)10-6-12(16)13(17)7-11(10)15/h6-9H,2-5,18H2,1H3. The molecule has 1 aromatic rings. The van der Waals surface area contributed by atoms with Crippen molar-refractivity contribution in [2.45, 2.75) is 25.8 Å². The molecule has 0 saturated carbocycles. The average molecular weight is 347 g/mol. The summed E-state index contributed by atoms with van der Waals surface area (Å²) in [5.41, 5.74) is 6.01. The zero-order chi connectivity index (χ0) is 14.9. The molecule has 110 valence electrons. The maximum Gasteiger partial charge on any atom is 0.255 e. The first-order chi connectivity index (χ1) is 9.40. The summed E-state index contributed by atoms with van der Waals surface area (Å²) in [6, 6.07) is 2.04. The molecule has 0 spiro atoms. The van der Waals surface area contributed by atoms with E-state index in [1.54, 1.807) is 4.90 Å². The first-order valence-electron chi connectivity index (χ1n) is 6.59. The van der Waals surface area contributed by atoms with Crippen molar-refractivity contribution in [1.29, 1.82) is 0 Å². The van der Waals surface area contributed by atoms with E-state index in [9.17, 15) is 13.6 Å². The normalized spacial score (nSPS) is 18.1. The fourth-order valence-corrected chi connectivity index (χ4v) is 2.97. The Balaban J connectivity index is 2.11. The minimum atomic E-state index is -1.01. The van der Waals surface area contributed by atoms with E-state index < -0.39 is 11.6 Å². The molecule has 2 N–H and O–H groups in total. The van der Waals surface area contributed by atoms with Crippen molar-refractivity contribution < 1.29 is 13.6 Å². The highest BCUT2D eigenvalue weighted by Crippen LogP contribution is 2.25. The van der Waals surface area contributed by atoms with Crippen LogP contribution < -0.4 is 5.73 Å². The van der Waals surface area contributed by atoms with Crippen LogP contribution in [0.25, 0.3) is 0 Å². The van der Waals surface area contributed by atoms with Crippen molar-refractivity contribution in [3.05, 3.63) is 33.8 Å². The summed E-state index contributed by atoms with van der Waals surface area (Å²) < 4.78 is 26.6. The second-order valence-corrected chi connectivity index (χ2v) is 6.09. The fraction of sp³-hybridized carbons (Fsp3) is 0.500. The van der Waals surface area contributed by atoms with Crippen LogP contribution in [0.15, 0.2) is 16.6 Å². The number of carbonyl (C=O) groups excluding carboxylic acids is 1. The van der Waals surface area contributed by atoms with Crippen molar-refractivity contribution in [2.75, 3.05) is 13.1 Å². The molecule has 0 radical (unpaired) electrons. The van der Waals surface area contributed by atoms with Gasteiger partial charge in [0.2, 0.25) is 0 Å². The number of nitrogens with two attached hydrogens (primary N) is 1. The van der Waals surface area contributed by atoms with E-state index in [1.165, 1.54) is 0 Å². The van der Waals surface area contributed by atoms with Gasteiger partial charge in [0.25, 0.3) is 5.91 Å². The van der Waals surface area contributed by atoms with Crippen LogP contribution in [0.2, 0.25) is 0 Å². The van der Waals surface area contributed by atoms with Gasteiger partial charge in [-0.2, -0.15) is 0 Å². The van der Waals surface area contributed by atoms with Crippen molar-refractivity contribution in [3.63, 3.8) is 0 Å². The molecule has 3 nitrogen and oxygen atoms in total. The Hall–Kier alpha value is -1.01. The summed E-state index contributed by atoms with van der Waals surface area (Å²) in [6.07, 6.45) is 1.68. The molecule has 0 bridgehead atoms. The topological polar surface area (TPSA) is 46.3 Å². The number of hydrogen-bond acceptors (Lipinski definition) is 2. The third-order valence-corrected chi connectivity index (χ3v) is 4.47. The van der Waals surface area contributed by atoms with Crippen molar-refractivity contribution in [1.82, 2.24) is 4.90 Å².